The first kappa shape index (κ1) is 20.2. The number of halogens is 1. The molecule has 1 saturated carbocycles. The van der Waals surface area contributed by atoms with Crippen LogP contribution in [-0.2, 0) is 11.3 Å². The van der Waals surface area contributed by atoms with Crippen molar-refractivity contribution in [3.05, 3.63) is 76.7 Å². The molecule has 7 heteroatoms. The van der Waals surface area contributed by atoms with E-state index in [1.807, 2.05) is 66.5 Å². The van der Waals surface area contributed by atoms with Crippen molar-refractivity contribution in [1.29, 1.82) is 0 Å². The van der Waals surface area contributed by atoms with Crippen LogP contribution in [0.15, 0.2) is 54.6 Å². The molecule has 0 saturated heterocycles. The summed E-state index contributed by atoms with van der Waals surface area (Å²) in [4.78, 5) is 23.0. The van der Waals surface area contributed by atoms with Crippen LogP contribution in [0.1, 0.15) is 40.6 Å². The van der Waals surface area contributed by atoms with Gasteiger partial charge in [-0.2, -0.15) is 0 Å². The first-order valence-electron chi connectivity index (χ1n) is 9.74. The molecule has 0 radical (unpaired) electrons. The van der Waals surface area contributed by atoms with Gasteiger partial charge in [0.1, 0.15) is 22.3 Å². The van der Waals surface area contributed by atoms with Crippen LogP contribution in [-0.4, -0.2) is 30.1 Å². The number of hydrogen-bond donors (Lipinski definition) is 0. The van der Waals surface area contributed by atoms with Crippen LogP contribution in [0.4, 0.5) is 5.82 Å². The van der Waals surface area contributed by atoms with Gasteiger partial charge < -0.3 is 14.4 Å². The van der Waals surface area contributed by atoms with Crippen LogP contribution in [0.2, 0.25) is 5.02 Å². The zero-order valence-corrected chi connectivity index (χ0v) is 17.6. The van der Waals surface area contributed by atoms with Crippen LogP contribution in [0.5, 0.6) is 11.5 Å². The number of carbonyl (C=O) groups excluding carboxylic acids is 1. The van der Waals surface area contributed by atoms with Crippen molar-refractivity contribution in [1.82, 2.24) is 9.97 Å². The van der Waals surface area contributed by atoms with Gasteiger partial charge in [-0.1, -0.05) is 41.9 Å². The van der Waals surface area contributed by atoms with Gasteiger partial charge >= 0.3 is 5.97 Å². The Labute approximate surface area is 180 Å². The minimum Gasteiger partial charge on any atom is -0.464 e. The fourth-order valence-electron chi connectivity index (χ4n) is 3.10. The van der Waals surface area contributed by atoms with Gasteiger partial charge in [0.05, 0.1) is 7.11 Å². The van der Waals surface area contributed by atoms with Gasteiger partial charge in [0.2, 0.25) is 0 Å². The zero-order valence-electron chi connectivity index (χ0n) is 16.8. The molecule has 6 nitrogen and oxygen atoms in total. The third kappa shape index (κ3) is 4.54. The van der Waals surface area contributed by atoms with E-state index in [-0.39, 0.29) is 16.6 Å². The molecule has 0 bridgehead atoms. The first-order valence-corrected chi connectivity index (χ1v) is 10.1. The monoisotopic (exact) mass is 423 g/mol. The van der Waals surface area contributed by atoms with E-state index in [0.717, 1.165) is 29.9 Å². The molecule has 1 aliphatic rings. The molecule has 2 aromatic carbocycles. The van der Waals surface area contributed by atoms with E-state index in [1.54, 1.807) is 0 Å². The molecule has 0 atom stereocenters. The summed E-state index contributed by atoms with van der Waals surface area (Å²) in [5.41, 5.74) is 1.17. The van der Waals surface area contributed by atoms with Gasteiger partial charge in [-0.15, -0.1) is 0 Å². The fraction of sp³-hybridized carbons (Fsp3) is 0.261. The number of benzene rings is 2. The Kier molecular flexibility index (Phi) is 5.86. The van der Waals surface area contributed by atoms with E-state index < -0.39 is 5.97 Å². The Bertz CT molecular complexity index is 1040. The maximum Gasteiger partial charge on any atom is 0.358 e. The largest absolute Gasteiger partial charge is 0.464 e. The number of rotatable bonds is 7. The SMILES string of the molecule is COC(=O)c1nc(C2CC2)nc(N(C)Cc2ccc(Oc3ccccc3)cc2)c1Cl. The van der Waals surface area contributed by atoms with Crippen LogP contribution in [0, 0.1) is 0 Å². The predicted molar refractivity (Wildman–Crippen MR) is 115 cm³/mol. The molecule has 1 fully saturated rings. The number of ether oxygens (including phenoxy) is 2. The van der Waals surface area contributed by atoms with E-state index in [4.69, 9.17) is 21.1 Å². The Hall–Kier alpha value is -3.12. The van der Waals surface area contributed by atoms with Gasteiger partial charge in [0, 0.05) is 19.5 Å². The van der Waals surface area contributed by atoms with Crippen molar-refractivity contribution >= 4 is 23.4 Å². The highest BCUT2D eigenvalue weighted by molar-refractivity contribution is 6.35. The first-order chi connectivity index (χ1) is 14.5. The average molecular weight is 424 g/mol. The van der Waals surface area contributed by atoms with Crippen molar-refractivity contribution < 1.29 is 14.3 Å². The van der Waals surface area contributed by atoms with E-state index in [2.05, 4.69) is 9.97 Å². The minimum absolute atomic E-state index is 0.115. The van der Waals surface area contributed by atoms with Gasteiger partial charge in [-0.05, 0) is 42.7 Å². The minimum atomic E-state index is -0.554. The Morgan fingerprint density at radius 1 is 1.07 bits per heavy atom. The number of hydrogen-bond acceptors (Lipinski definition) is 6. The maximum atomic E-state index is 12.1. The summed E-state index contributed by atoms with van der Waals surface area (Å²) in [7, 11) is 3.21. The molecule has 0 spiro atoms. The maximum absolute atomic E-state index is 12.1. The molecule has 1 aliphatic carbocycles. The third-order valence-electron chi connectivity index (χ3n) is 4.86. The summed E-state index contributed by atoms with van der Waals surface area (Å²) < 4.78 is 10.7. The quantitative estimate of drug-likeness (QED) is 0.485. The summed E-state index contributed by atoms with van der Waals surface area (Å²) in [6.45, 7) is 0.563. The van der Waals surface area contributed by atoms with Crippen LogP contribution in [0.25, 0.3) is 0 Å². The molecular weight excluding hydrogens is 402 g/mol. The van der Waals surface area contributed by atoms with Gasteiger partial charge in [0.25, 0.3) is 0 Å². The molecule has 1 aromatic heterocycles. The smallest absolute Gasteiger partial charge is 0.358 e. The molecule has 0 N–H and O–H groups in total. The van der Waals surface area contributed by atoms with Crippen molar-refractivity contribution in [3.8, 4) is 11.5 Å². The van der Waals surface area contributed by atoms with Gasteiger partial charge in [-0.25, -0.2) is 14.8 Å². The molecule has 3 aromatic rings. The lowest BCUT2D eigenvalue weighted by molar-refractivity contribution is 0.0593. The van der Waals surface area contributed by atoms with Crippen LogP contribution >= 0.6 is 11.6 Å². The summed E-state index contributed by atoms with van der Waals surface area (Å²) in [6.07, 6.45) is 2.04. The highest BCUT2D eigenvalue weighted by Crippen LogP contribution is 2.40. The van der Waals surface area contributed by atoms with Crippen molar-refractivity contribution in [2.45, 2.75) is 25.3 Å². The molecule has 4 rings (SSSR count). The summed E-state index contributed by atoms with van der Waals surface area (Å²) in [5, 5.41) is 0.206. The zero-order chi connectivity index (χ0) is 21.1. The second kappa shape index (κ2) is 8.71. The third-order valence-corrected chi connectivity index (χ3v) is 5.20. The number of methoxy groups -OCH3 is 1. The lowest BCUT2D eigenvalue weighted by atomic mass is 10.2. The Balaban J connectivity index is 1.52. The lowest BCUT2D eigenvalue weighted by Crippen LogP contribution is -2.21. The summed E-state index contributed by atoms with van der Waals surface area (Å²) in [5.74, 6) is 2.45. The molecule has 0 amide bonds. The van der Waals surface area contributed by atoms with Crippen LogP contribution < -0.4 is 9.64 Å². The number of aromatic nitrogens is 2. The predicted octanol–water partition coefficient (Wildman–Crippen LogP) is 5.22. The number of carbonyl (C=O) groups is 1. The van der Waals surface area contributed by atoms with E-state index in [9.17, 15) is 4.79 Å². The molecular formula is C23H22ClN3O3. The second-order valence-corrected chi connectivity index (χ2v) is 7.63. The second-order valence-electron chi connectivity index (χ2n) is 7.25. The van der Waals surface area contributed by atoms with Crippen molar-refractivity contribution in [2.24, 2.45) is 0 Å². The number of esters is 1. The lowest BCUT2D eigenvalue weighted by Gasteiger charge is -2.21. The number of nitrogens with zero attached hydrogens (tertiary/aromatic N) is 3. The molecule has 0 aliphatic heterocycles. The summed E-state index contributed by atoms with van der Waals surface area (Å²) >= 11 is 6.47. The average Bonchev–Trinajstić information content (AvgIpc) is 3.61. The van der Waals surface area contributed by atoms with E-state index in [1.165, 1.54) is 7.11 Å². The molecule has 154 valence electrons. The Morgan fingerprint density at radius 3 is 2.37 bits per heavy atom. The van der Waals surface area contributed by atoms with Crippen molar-refractivity contribution in [2.75, 3.05) is 19.1 Å². The van der Waals surface area contributed by atoms with Gasteiger partial charge in [0.15, 0.2) is 11.5 Å². The van der Waals surface area contributed by atoms with Crippen molar-refractivity contribution in [3.63, 3.8) is 0 Å². The Morgan fingerprint density at radius 2 is 1.73 bits per heavy atom. The number of para-hydroxylation sites is 1. The molecule has 0 unspecified atom stereocenters. The topological polar surface area (TPSA) is 64.5 Å². The standard InChI is InChI=1S/C23H22ClN3O3/c1-27(14-15-8-12-18(13-9-15)30-17-6-4-3-5-7-17)22-19(24)20(23(28)29-2)25-21(26-22)16-10-11-16/h3-9,12-13,16H,10-11,14H2,1-2H3. The highest BCUT2D eigenvalue weighted by Gasteiger charge is 2.30. The fourth-order valence-corrected chi connectivity index (χ4v) is 3.40. The molecule has 1 heterocycles. The van der Waals surface area contributed by atoms with E-state index in [0.29, 0.717) is 18.2 Å². The van der Waals surface area contributed by atoms with E-state index >= 15 is 0 Å². The normalized spacial score (nSPS) is 13.0. The van der Waals surface area contributed by atoms with Gasteiger partial charge in [-0.3, -0.25) is 0 Å². The highest BCUT2D eigenvalue weighted by atomic mass is 35.5. The van der Waals surface area contributed by atoms with Crippen LogP contribution in [0.3, 0.4) is 0 Å². The number of anilines is 1. The molecule has 30 heavy (non-hydrogen) atoms. The summed E-state index contributed by atoms with van der Waals surface area (Å²) in [6, 6.07) is 17.5.